The third-order valence-electron chi connectivity index (χ3n) is 7.51. The second-order valence-electron chi connectivity index (χ2n) is 10.3. The Balaban J connectivity index is 1.85. The molecule has 2 aliphatic heterocycles. The average Bonchev–Trinajstić information content (AvgIpc) is 2.92. The molecule has 18 heteroatoms. The van der Waals surface area contributed by atoms with E-state index in [1.807, 2.05) is 0 Å². The van der Waals surface area contributed by atoms with E-state index >= 15 is 0 Å². The Morgan fingerprint density at radius 2 is 1.45 bits per heavy atom. The van der Waals surface area contributed by atoms with Crippen molar-refractivity contribution in [1.29, 1.82) is 0 Å². The zero-order chi connectivity index (χ0) is 29.9. The average molecular weight is 586 g/mol. The molecule has 18 nitrogen and oxygen atoms in total. The number of hydrogen-bond donors (Lipinski definition) is 13. The summed E-state index contributed by atoms with van der Waals surface area (Å²) >= 11 is 0. The second-order valence-corrected chi connectivity index (χ2v) is 10.3. The maximum absolute atomic E-state index is 12.6. The van der Waals surface area contributed by atoms with Crippen molar-refractivity contribution < 1.29 is 64.6 Å². The second kappa shape index (κ2) is 14.3. The highest BCUT2D eigenvalue weighted by Gasteiger charge is 2.52. The molecule has 0 aromatic carbocycles. The topological polar surface area (TPSA) is 332 Å². The van der Waals surface area contributed by atoms with Crippen molar-refractivity contribution in [3.63, 3.8) is 0 Å². The summed E-state index contributed by atoms with van der Waals surface area (Å²) < 4.78 is 22.5. The molecule has 16 atom stereocenters. The normalized spacial score (nSPS) is 47.0. The molecule has 2 heterocycles. The van der Waals surface area contributed by atoms with Crippen LogP contribution in [0.15, 0.2) is 0 Å². The molecule has 3 rings (SSSR count). The first-order chi connectivity index (χ1) is 18.9. The van der Waals surface area contributed by atoms with Crippen molar-refractivity contribution in [2.75, 3.05) is 19.7 Å². The van der Waals surface area contributed by atoms with Gasteiger partial charge >= 0.3 is 0 Å². The minimum atomic E-state index is -1.80. The lowest BCUT2D eigenvalue weighted by molar-refractivity contribution is -0.332. The standard InChI is InChI=1S/C22H43N5O13/c23-2-1-8(29)20(36)27-7-3-6(25)18(39-21-14(32)11(26)12(30)10(5-28)38-21)17(35)19(7)40-22-16(34)15(33)13(31)9(4-24)37-22/h6-19,21-22,28-35H,1-5,23-26H2,(H,27,36)/t6-,7+,8+,9+,10+,11+,12-,13-,14-,15-,16-,17-,18+,19-,21-,22-/m1/s1. The maximum Gasteiger partial charge on any atom is 0.249 e. The molecule has 234 valence electrons. The van der Waals surface area contributed by atoms with Gasteiger partial charge in [-0.2, -0.15) is 0 Å². The number of rotatable bonds is 10. The summed E-state index contributed by atoms with van der Waals surface area (Å²) in [6, 6.07) is -3.42. The molecule has 3 aliphatic rings. The number of nitrogens with one attached hydrogen (secondary N) is 1. The maximum atomic E-state index is 12.6. The van der Waals surface area contributed by atoms with Gasteiger partial charge in [-0.25, -0.2) is 0 Å². The van der Waals surface area contributed by atoms with Crippen molar-refractivity contribution >= 4 is 5.91 Å². The largest absolute Gasteiger partial charge is 0.394 e. The van der Waals surface area contributed by atoms with Crippen LogP contribution in [0.25, 0.3) is 0 Å². The quantitative estimate of drug-likeness (QED) is 0.113. The van der Waals surface area contributed by atoms with Crippen LogP contribution in [-0.4, -0.2) is 164 Å². The zero-order valence-corrected chi connectivity index (χ0v) is 21.7. The molecule has 0 aromatic rings. The molecule has 0 spiro atoms. The molecule has 17 N–H and O–H groups in total. The molecule has 0 aromatic heterocycles. The lowest BCUT2D eigenvalue weighted by Crippen LogP contribution is -2.69. The third-order valence-corrected chi connectivity index (χ3v) is 7.51. The van der Waals surface area contributed by atoms with Crippen molar-refractivity contribution in [1.82, 2.24) is 5.32 Å². The molecular formula is C22H43N5O13. The summed E-state index contributed by atoms with van der Waals surface area (Å²) in [6.45, 7) is -0.899. The molecule has 0 bridgehead atoms. The van der Waals surface area contributed by atoms with Crippen LogP contribution in [-0.2, 0) is 23.7 Å². The van der Waals surface area contributed by atoms with E-state index in [1.54, 1.807) is 0 Å². The van der Waals surface area contributed by atoms with Gasteiger partial charge < -0.3 is 88.1 Å². The number of aliphatic hydroxyl groups excluding tert-OH is 8. The van der Waals surface area contributed by atoms with E-state index in [4.69, 9.17) is 41.9 Å². The predicted molar refractivity (Wildman–Crippen MR) is 131 cm³/mol. The van der Waals surface area contributed by atoms with Gasteiger partial charge in [0.1, 0.15) is 67.1 Å². The van der Waals surface area contributed by atoms with E-state index in [0.717, 1.165) is 0 Å². The predicted octanol–water partition coefficient (Wildman–Crippen LogP) is -8.42. The lowest BCUT2D eigenvalue weighted by Gasteiger charge is -2.49. The van der Waals surface area contributed by atoms with Crippen LogP contribution in [0, 0.1) is 0 Å². The Labute approximate surface area is 229 Å². The molecule has 2 saturated heterocycles. The fraction of sp³-hybridized carbons (Fsp3) is 0.955. The number of hydrogen-bond acceptors (Lipinski definition) is 17. The highest BCUT2D eigenvalue weighted by molar-refractivity contribution is 5.80. The molecule has 1 aliphatic carbocycles. The number of aliphatic hydroxyl groups is 8. The number of amides is 1. The summed E-state index contributed by atoms with van der Waals surface area (Å²) in [4.78, 5) is 12.6. The molecule has 40 heavy (non-hydrogen) atoms. The van der Waals surface area contributed by atoms with Gasteiger partial charge in [0, 0.05) is 12.6 Å². The number of ether oxygens (including phenoxy) is 4. The monoisotopic (exact) mass is 585 g/mol. The Bertz CT molecular complexity index is 815. The van der Waals surface area contributed by atoms with Crippen molar-refractivity contribution in [3.8, 4) is 0 Å². The van der Waals surface area contributed by atoms with Crippen LogP contribution < -0.4 is 28.3 Å². The van der Waals surface area contributed by atoms with Gasteiger partial charge in [-0.3, -0.25) is 4.79 Å². The number of nitrogens with two attached hydrogens (primary N) is 4. The van der Waals surface area contributed by atoms with Crippen LogP contribution in [0.1, 0.15) is 12.8 Å². The van der Waals surface area contributed by atoms with Crippen molar-refractivity contribution in [3.05, 3.63) is 0 Å². The highest BCUT2D eigenvalue weighted by atomic mass is 16.7. The Morgan fingerprint density at radius 1 is 0.850 bits per heavy atom. The van der Waals surface area contributed by atoms with Crippen LogP contribution in [0.5, 0.6) is 0 Å². The lowest BCUT2D eigenvalue weighted by atomic mass is 9.83. The van der Waals surface area contributed by atoms with E-state index in [-0.39, 0.29) is 25.9 Å². The summed E-state index contributed by atoms with van der Waals surface area (Å²) in [5.41, 5.74) is 23.1. The molecule has 1 amide bonds. The van der Waals surface area contributed by atoms with E-state index in [2.05, 4.69) is 5.32 Å². The molecule has 0 radical (unpaired) electrons. The van der Waals surface area contributed by atoms with Crippen LogP contribution in [0.4, 0.5) is 0 Å². The Morgan fingerprint density at radius 3 is 2.05 bits per heavy atom. The first-order valence-corrected chi connectivity index (χ1v) is 13.1. The minimum Gasteiger partial charge on any atom is -0.394 e. The SMILES string of the molecule is NCC[C@H](O)C(=O)N[C@H]1C[C@@H](N)[C@H](O[C@H]2O[C@@H](CO)[C@@H](O)[C@H](N)[C@H]2O)[C@@H](O)[C@@H]1O[C@H]1O[C@@H](CN)[C@@H](O)[C@@H](O)[C@H]1O. The molecule has 1 saturated carbocycles. The fourth-order valence-electron chi connectivity index (χ4n) is 5.07. The molecule has 3 fully saturated rings. The minimum absolute atomic E-state index is 0.00934. The number of carbonyl (C=O) groups is 1. The van der Waals surface area contributed by atoms with Gasteiger partial charge in [0.2, 0.25) is 5.91 Å². The van der Waals surface area contributed by atoms with Crippen LogP contribution in [0.3, 0.4) is 0 Å². The third kappa shape index (κ3) is 7.06. The van der Waals surface area contributed by atoms with Gasteiger partial charge in [0.05, 0.1) is 18.7 Å². The van der Waals surface area contributed by atoms with Gasteiger partial charge in [-0.05, 0) is 19.4 Å². The first kappa shape index (κ1) is 33.3. The Hall–Kier alpha value is -1.17. The Kier molecular flexibility index (Phi) is 11.9. The highest BCUT2D eigenvalue weighted by Crippen LogP contribution is 2.32. The smallest absolute Gasteiger partial charge is 0.249 e. The van der Waals surface area contributed by atoms with Gasteiger partial charge in [0.15, 0.2) is 12.6 Å². The summed E-state index contributed by atoms with van der Waals surface area (Å²) in [7, 11) is 0. The van der Waals surface area contributed by atoms with Crippen molar-refractivity contribution in [2.24, 2.45) is 22.9 Å². The molecule has 0 unspecified atom stereocenters. The van der Waals surface area contributed by atoms with E-state index in [9.17, 15) is 45.6 Å². The van der Waals surface area contributed by atoms with Crippen LogP contribution >= 0.6 is 0 Å². The van der Waals surface area contributed by atoms with E-state index in [0.29, 0.717) is 0 Å². The zero-order valence-electron chi connectivity index (χ0n) is 21.7. The summed E-state index contributed by atoms with van der Waals surface area (Å²) in [5, 5.41) is 84.9. The summed E-state index contributed by atoms with van der Waals surface area (Å²) in [6.07, 6.45) is -19.9. The number of carbonyl (C=O) groups excluding carboxylic acids is 1. The van der Waals surface area contributed by atoms with E-state index in [1.165, 1.54) is 0 Å². The van der Waals surface area contributed by atoms with Crippen molar-refractivity contribution in [2.45, 2.75) is 111 Å². The van der Waals surface area contributed by atoms with Gasteiger partial charge in [-0.1, -0.05) is 0 Å². The van der Waals surface area contributed by atoms with Gasteiger partial charge in [0.25, 0.3) is 0 Å². The first-order valence-electron chi connectivity index (χ1n) is 13.1. The fourth-order valence-corrected chi connectivity index (χ4v) is 5.07. The van der Waals surface area contributed by atoms with Crippen LogP contribution in [0.2, 0.25) is 0 Å². The van der Waals surface area contributed by atoms with Gasteiger partial charge in [-0.15, -0.1) is 0 Å². The summed E-state index contributed by atoms with van der Waals surface area (Å²) in [5.74, 6) is -0.847. The van der Waals surface area contributed by atoms with E-state index < -0.39 is 110 Å². The molecular weight excluding hydrogens is 542 g/mol.